The third kappa shape index (κ3) is 48.6. The summed E-state index contributed by atoms with van der Waals surface area (Å²) in [6.45, 7) is 4.82. The zero-order chi connectivity index (χ0) is 47.1. The quantitative estimate of drug-likeness (QED) is 0.0243. The van der Waals surface area contributed by atoms with Crippen LogP contribution >= 0.6 is 7.82 Å². The molecule has 0 aliphatic rings. The van der Waals surface area contributed by atoms with Gasteiger partial charge in [-0.25, -0.2) is 4.57 Å². The van der Waals surface area contributed by atoms with Gasteiger partial charge in [0.2, 0.25) is 5.91 Å². The highest BCUT2D eigenvalue weighted by atomic mass is 31.2. The lowest BCUT2D eigenvalue weighted by Gasteiger charge is -2.25. The molecule has 3 N–H and O–H groups in total. The predicted molar refractivity (Wildman–Crippen MR) is 277 cm³/mol. The van der Waals surface area contributed by atoms with Crippen molar-refractivity contribution in [2.45, 2.75) is 270 Å². The van der Waals surface area contributed by atoms with E-state index in [1.54, 1.807) is 6.08 Å². The van der Waals surface area contributed by atoms with E-state index in [2.05, 4.69) is 43.5 Å². The van der Waals surface area contributed by atoms with Crippen LogP contribution in [0.4, 0.5) is 0 Å². The molecule has 0 aromatic carbocycles. The lowest BCUT2D eigenvalue weighted by atomic mass is 10.0. The van der Waals surface area contributed by atoms with Gasteiger partial charge >= 0.3 is 7.82 Å². The van der Waals surface area contributed by atoms with Crippen molar-refractivity contribution in [2.24, 2.45) is 0 Å². The van der Waals surface area contributed by atoms with Gasteiger partial charge < -0.3 is 19.8 Å². The maximum atomic E-state index is 12.9. The number of nitrogens with one attached hydrogen (secondary N) is 1. The van der Waals surface area contributed by atoms with Crippen LogP contribution in [0.3, 0.4) is 0 Å². The maximum absolute atomic E-state index is 12.9. The van der Waals surface area contributed by atoms with Crippen LogP contribution < -0.4 is 5.32 Å². The fraction of sp³-hybridized carbons (Fsp3) is 0.873. The molecule has 0 saturated heterocycles. The van der Waals surface area contributed by atoms with Crippen molar-refractivity contribution in [2.75, 3.05) is 40.9 Å². The smallest absolute Gasteiger partial charge is 0.387 e. The van der Waals surface area contributed by atoms with Crippen molar-refractivity contribution in [3.05, 3.63) is 36.5 Å². The molecular weight excluding hydrogens is 816 g/mol. The lowest BCUT2D eigenvalue weighted by molar-refractivity contribution is -0.870. The number of likely N-dealkylation sites (N-methyl/N-ethyl adjacent to an activating group) is 1. The first-order valence-corrected chi connectivity index (χ1v) is 28.9. The Labute approximate surface area is 397 Å². The minimum Gasteiger partial charge on any atom is -0.387 e. The summed E-state index contributed by atoms with van der Waals surface area (Å²) in [7, 11) is 1.55. The maximum Gasteiger partial charge on any atom is 0.472 e. The summed E-state index contributed by atoms with van der Waals surface area (Å²) in [4.78, 5) is 23.2. The summed E-state index contributed by atoms with van der Waals surface area (Å²) < 4.78 is 23.7. The number of phosphoric ester groups is 1. The second-order valence-electron chi connectivity index (χ2n) is 19.9. The second kappa shape index (κ2) is 46.8. The highest BCUT2D eigenvalue weighted by molar-refractivity contribution is 7.47. The largest absolute Gasteiger partial charge is 0.472 e. The number of phosphoric acid groups is 1. The number of nitrogens with zero attached hydrogens (tertiary/aromatic N) is 1. The Hall–Kier alpha value is -1.28. The first-order valence-electron chi connectivity index (χ1n) is 27.4. The van der Waals surface area contributed by atoms with Gasteiger partial charge in [-0.1, -0.05) is 243 Å². The van der Waals surface area contributed by atoms with Crippen LogP contribution in [0.5, 0.6) is 0 Å². The minimum absolute atomic E-state index is 0.0550. The third-order valence-corrected chi connectivity index (χ3v) is 13.3. The lowest BCUT2D eigenvalue weighted by Crippen LogP contribution is -2.45. The van der Waals surface area contributed by atoms with Gasteiger partial charge in [-0.2, -0.15) is 0 Å². The molecule has 0 rings (SSSR count). The van der Waals surface area contributed by atoms with Gasteiger partial charge in [-0.3, -0.25) is 13.8 Å². The summed E-state index contributed by atoms with van der Waals surface area (Å²) >= 11 is 0. The summed E-state index contributed by atoms with van der Waals surface area (Å²) in [6.07, 6.45) is 59.5. The van der Waals surface area contributed by atoms with Crippen LogP contribution in [-0.2, 0) is 18.4 Å². The van der Waals surface area contributed by atoms with E-state index in [0.29, 0.717) is 17.4 Å². The van der Waals surface area contributed by atoms with Crippen molar-refractivity contribution in [3.8, 4) is 0 Å². The van der Waals surface area contributed by atoms with Crippen molar-refractivity contribution < 1.29 is 32.9 Å². The van der Waals surface area contributed by atoms with Crippen LogP contribution in [0.1, 0.15) is 258 Å². The molecule has 0 aromatic rings. The Morgan fingerprint density at radius 2 is 0.859 bits per heavy atom. The number of hydrogen-bond donors (Lipinski definition) is 3. The first-order chi connectivity index (χ1) is 31.0. The fourth-order valence-corrected chi connectivity index (χ4v) is 8.75. The average Bonchev–Trinajstić information content (AvgIpc) is 3.25. The number of carbonyl (C=O) groups excluding carboxylic acids is 1. The molecule has 378 valence electrons. The van der Waals surface area contributed by atoms with E-state index < -0.39 is 20.0 Å². The molecule has 0 heterocycles. The van der Waals surface area contributed by atoms with Crippen molar-refractivity contribution >= 4 is 13.7 Å². The molecule has 0 bridgehead atoms. The SMILES string of the molecule is CCCCCCCCCCCCCC/C=C/CC/C=C/CC/C=C/C(O)C(COP(=O)(O)OCC[N+](C)(C)C)NC(=O)CCCCCCCCCCCCCCCCCCCCCC. The zero-order valence-corrected chi connectivity index (χ0v) is 43.9. The Balaban J connectivity index is 4.32. The molecule has 8 nitrogen and oxygen atoms in total. The molecule has 0 fully saturated rings. The number of allylic oxidation sites excluding steroid dienone is 5. The van der Waals surface area contributed by atoms with Gasteiger partial charge in [0.15, 0.2) is 0 Å². The van der Waals surface area contributed by atoms with Crippen LogP contribution in [-0.4, -0.2) is 73.4 Å². The van der Waals surface area contributed by atoms with Crippen LogP contribution in [0.25, 0.3) is 0 Å². The summed E-state index contributed by atoms with van der Waals surface area (Å²) in [6, 6.07) is -0.867. The van der Waals surface area contributed by atoms with Gasteiger partial charge in [0.1, 0.15) is 13.2 Å². The Bertz CT molecular complexity index is 1140. The molecule has 0 spiro atoms. The molecule has 0 aliphatic carbocycles. The van der Waals surface area contributed by atoms with E-state index in [9.17, 15) is 19.4 Å². The molecule has 3 atom stereocenters. The summed E-state index contributed by atoms with van der Waals surface area (Å²) in [5.41, 5.74) is 0. The molecule has 9 heteroatoms. The number of aliphatic hydroxyl groups excluding tert-OH is 1. The molecule has 0 saturated carbocycles. The molecule has 0 aromatic heterocycles. The highest BCUT2D eigenvalue weighted by Crippen LogP contribution is 2.43. The third-order valence-electron chi connectivity index (χ3n) is 12.3. The molecule has 0 aliphatic heterocycles. The Morgan fingerprint density at radius 1 is 0.516 bits per heavy atom. The zero-order valence-electron chi connectivity index (χ0n) is 43.0. The Morgan fingerprint density at radius 3 is 1.25 bits per heavy atom. The predicted octanol–water partition coefficient (Wildman–Crippen LogP) is 16.2. The van der Waals surface area contributed by atoms with Crippen molar-refractivity contribution in [1.82, 2.24) is 5.32 Å². The standard InChI is InChI=1S/C55H107N2O6P/c1-6-8-10-12-14-16-18-20-22-24-26-28-29-30-32-34-36-38-40-42-44-46-48-54(58)53(52-63-64(60,61)62-51-50-57(3,4)5)56-55(59)49-47-45-43-41-39-37-35-33-31-27-25-23-21-19-17-15-13-11-9-7-2/h30,32,38,40,46,48,53-54,58H,6-29,31,33-37,39,41-45,47,49-52H2,1-5H3,(H-,56,59,60,61)/p+1/b32-30+,40-38+,48-46+. The van der Waals surface area contributed by atoms with Gasteiger partial charge in [0.25, 0.3) is 0 Å². The van der Waals surface area contributed by atoms with E-state index in [-0.39, 0.29) is 19.1 Å². The number of aliphatic hydroxyl groups is 1. The van der Waals surface area contributed by atoms with Crippen LogP contribution in [0, 0.1) is 0 Å². The van der Waals surface area contributed by atoms with Gasteiger partial charge in [0, 0.05) is 6.42 Å². The second-order valence-corrected chi connectivity index (χ2v) is 21.4. The van der Waals surface area contributed by atoms with Gasteiger partial charge in [-0.15, -0.1) is 0 Å². The van der Waals surface area contributed by atoms with Gasteiger partial charge in [0.05, 0.1) is 39.9 Å². The number of unbranched alkanes of at least 4 members (excludes halogenated alkanes) is 33. The van der Waals surface area contributed by atoms with Crippen LogP contribution in [0.2, 0.25) is 0 Å². The molecule has 3 unspecified atom stereocenters. The topological polar surface area (TPSA) is 105 Å². The number of amides is 1. The Kier molecular flexibility index (Phi) is 45.9. The van der Waals surface area contributed by atoms with Crippen molar-refractivity contribution in [3.63, 3.8) is 0 Å². The first kappa shape index (κ1) is 62.7. The van der Waals surface area contributed by atoms with E-state index in [0.717, 1.165) is 44.9 Å². The molecule has 0 radical (unpaired) electrons. The van der Waals surface area contributed by atoms with E-state index in [1.807, 2.05) is 27.2 Å². The fourth-order valence-electron chi connectivity index (χ4n) is 8.02. The minimum atomic E-state index is -4.35. The average molecular weight is 924 g/mol. The van der Waals surface area contributed by atoms with E-state index in [4.69, 9.17) is 9.05 Å². The normalized spacial score (nSPS) is 14.3. The number of hydrogen-bond acceptors (Lipinski definition) is 5. The molecule has 1 amide bonds. The molecular formula is C55H108N2O6P+. The van der Waals surface area contributed by atoms with Crippen molar-refractivity contribution in [1.29, 1.82) is 0 Å². The van der Waals surface area contributed by atoms with Gasteiger partial charge in [-0.05, 0) is 44.9 Å². The van der Waals surface area contributed by atoms with E-state index >= 15 is 0 Å². The number of rotatable bonds is 50. The van der Waals surface area contributed by atoms with E-state index in [1.165, 1.54) is 193 Å². The number of quaternary nitrogens is 1. The summed E-state index contributed by atoms with van der Waals surface area (Å²) in [5, 5.41) is 13.9. The summed E-state index contributed by atoms with van der Waals surface area (Å²) in [5.74, 6) is -0.187. The number of carbonyl (C=O) groups is 1. The molecule has 64 heavy (non-hydrogen) atoms. The van der Waals surface area contributed by atoms with Crippen LogP contribution in [0.15, 0.2) is 36.5 Å². The monoisotopic (exact) mass is 924 g/mol. The highest BCUT2D eigenvalue weighted by Gasteiger charge is 2.27.